The number of methoxy groups -OCH3 is 1. The topological polar surface area (TPSA) is 150 Å². The zero-order valence-electron chi connectivity index (χ0n) is 15.5. The van der Waals surface area contributed by atoms with Crippen LogP contribution in [0.15, 0.2) is 34.0 Å². The molecule has 0 unspecified atom stereocenters. The minimum Gasteiger partial charge on any atom is -0.497 e. The second-order valence-electron chi connectivity index (χ2n) is 5.98. The summed E-state index contributed by atoms with van der Waals surface area (Å²) in [6, 6.07) is 7.20. The highest BCUT2D eigenvalue weighted by Crippen LogP contribution is 2.16. The van der Waals surface area contributed by atoms with Gasteiger partial charge in [-0.1, -0.05) is 5.21 Å². The first-order chi connectivity index (χ1) is 13.5. The van der Waals surface area contributed by atoms with Crippen LogP contribution in [-0.4, -0.2) is 63.5 Å². The highest BCUT2D eigenvalue weighted by atomic mass is 16.6. The normalized spacial score (nSPS) is 11.3. The Hall–Kier alpha value is -3.80. The van der Waals surface area contributed by atoms with Gasteiger partial charge < -0.3 is 15.4 Å². The number of hydrogen-bond acceptors (Lipinski definition) is 10. The molecule has 0 aliphatic carbocycles. The van der Waals surface area contributed by atoms with Crippen molar-refractivity contribution >= 4 is 17.9 Å². The molecule has 28 heavy (non-hydrogen) atoms. The van der Waals surface area contributed by atoms with Gasteiger partial charge in [0.2, 0.25) is 11.6 Å². The smallest absolute Gasteiger partial charge is 0.293 e. The summed E-state index contributed by atoms with van der Waals surface area (Å²) in [5, 5.41) is 19.1. The number of nitrogens with two attached hydrogens (primary N) is 1. The van der Waals surface area contributed by atoms with E-state index < -0.39 is 5.91 Å². The van der Waals surface area contributed by atoms with E-state index in [0.717, 1.165) is 11.3 Å². The van der Waals surface area contributed by atoms with Crippen LogP contribution in [0.5, 0.6) is 5.75 Å². The quantitative estimate of drug-likeness (QED) is 0.425. The summed E-state index contributed by atoms with van der Waals surface area (Å²) in [5.74, 6) is 0.398. The molecule has 0 spiro atoms. The lowest BCUT2D eigenvalue weighted by atomic mass is 10.2. The molecule has 1 aromatic carbocycles. The molecule has 146 valence electrons. The van der Waals surface area contributed by atoms with Crippen molar-refractivity contribution in [3.8, 4) is 11.6 Å². The number of amides is 1. The van der Waals surface area contributed by atoms with E-state index in [0.29, 0.717) is 12.2 Å². The van der Waals surface area contributed by atoms with Gasteiger partial charge in [0, 0.05) is 6.54 Å². The molecule has 12 heteroatoms. The maximum Gasteiger partial charge on any atom is 0.293 e. The molecule has 0 fully saturated rings. The van der Waals surface area contributed by atoms with E-state index in [1.807, 2.05) is 31.1 Å². The van der Waals surface area contributed by atoms with Crippen molar-refractivity contribution in [1.82, 2.24) is 35.6 Å². The zero-order valence-corrected chi connectivity index (χ0v) is 15.5. The van der Waals surface area contributed by atoms with E-state index in [1.165, 1.54) is 10.9 Å². The zero-order chi connectivity index (χ0) is 20.1. The van der Waals surface area contributed by atoms with Gasteiger partial charge in [-0.25, -0.2) is 10.1 Å². The molecule has 0 atom stereocenters. The Balaban J connectivity index is 1.79. The Morgan fingerprint density at radius 1 is 1.36 bits per heavy atom. The third kappa shape index (κ3) is 4.12. The first kappa shape index (κ1) is 19.0. The molecule has 0 bridgehead atoms. The number of nitrogens with zero attached hydrogens (tertiary/aromatic N) is 7. The van der Waals surface area contributed by atoms with Crippen LogP contribution < -0.4 is 15.9 Å². The van der Waals surface area contributed by atoms with Crippen molar-refractivity contribution in [3.05, 3.63) is 41.2 Å². The average Bonchev–Trinajstić information content (AvgIpc) is 3.27. The third-order valence-electron chi connectivity index (χ3n) is 3.64. The van der Waals surface area contributed by atoms with Crippen molar-refractivity contribution in [2.45, 2.75) is 6.54 Å². The molecule has 2 aromatic heterocycles. The third-order valence-corrected chi connectivity index (χ3v) is 3.64. The van der Waals surface area contributed by atoms with Gasteiger partial charge in [-0.2, -0.15) is 9.78 Å². The summed E-state index contributed by atoms with van der Waals surface area (Å²) >= 11 is 0. The van der Waals surface area contributed by atoms with Crippen molar-refractivity contribution in [2.75, 3.05) is 26.9 Å². The van der Waals surface area contributed by atoms with Crippen molar-refractivity contribution in [3.63, 3.8) is 0 Å². The van der Waals surface area contributed by atoms with Gasteiger partial charge in [0.25, 0.3) is 5.91 Å². The summed E-state index contributed by atoms with van der Waals surface area (Å²) < 4.78 is 11.0. The maximum atomic E-state index is 12.5. The Kier molecular flexibility index (Phi) is 5.60. The molecule has 3 N–H and O–H groups in total. The molecule has 3 rings (SSSR count). The minimum absolute atomic E-state index is 0.0365. The number of rotatable bonds is 7. The largest absolute Gasteiger partial charge is 0.497 e. The summed E-state index contributed by atoms with van der Waals surface area (Å²) in [7, 11) is 5.26. The number of aromatic nitrogens is 5. The molecule has 0 saturated heterocycles. The molecule has 12 nitrogen and oxygen atoms in total. The van der Waals surface area contributed by atoms with Crippen LogP contribution in [0.4, 0.5) is 5.82 Å². The fourth-order valence-corrected chi connectivity index (χ4v) is 2.34. The molecule has 2 heterocycles. The van der Waals surface area contributed by atoms with E-state index in [4.69, 9.17) is 10.5 Å². The van der Waals surface area contributed by atoms with Crippen LogP contribution in [0.3, 0.4) is 0 Å². The minimum atomic E-state index is -0.525. The van der Waals surface area contributed by atoms with Crippen LogP contribution in [0, 0.1) is 0 Å². The number of carbonyl (C=O) groups excluding carboxylic acids is 1. The number of anilines is 1. The van der Waals surface area contributed by atoms with Crippen LogP contribution in [0.25, 0.3) is 5.82 Å². The predicted molar refractivity (Wildman–Crippen MR) is 99.1 cm³/mol. The second kappa shape index (κ2) is 8.26. The first-order valence-electron chi connectivity index (χ1n) is 8.14. The summed E-state index contributed by atoms with van der Waals surface area (Å²) in [6.45, 7) is 0.351. The number of ether oxygens (including phenoxy) is 1. The molecule has 0 aliphatic rings. The highest BCUT2D eigenvalue weighted by molar-refractivity contribution is 5.94. The van der Waals surface area contributed by atoms with E-state index >= 15 is 0 Å². The summed E-state index contributed by atoms with van der Waals surface area (Å²) in [5.41, 5.74) is 9.50. The van der Waals surface area contributed by atoms with Crippen molar-refractivity contribution in [1.29, 1.82) is 0 Å². The number of nitrogens with one attached hydrogen (secondary N) is 1. The SMILES string of the molecule is COc1ccc(/C=N/NC(=O)c2nnn(-c3nonc3N)c2CN(C)C)cc1. The summed E-state index contributed by atoms with van der Waals surface area (Å²) in [6.07, 6.45) is 1.51. The van der Waals surface area contributed by atoms with Gasteiger partial charge in [0.1, 0.15) is 5.75 Å². The molecular formula is C16H19N9O3. The fourth-order valence-electron chi connectivity index (χ4n) is 2.34. The molecule has 0 saturated carbocycles. The highest BCUT2D eigenvalue weighted by Gasteiger charge is 2.24. The monoisotopic (exact) mass is 385 g/mol. The number of benzene rings is 1. The van der Waals surface area contributed by atoms with E-state index in [9.17, 15) is 4.79 Å². The van der Waals surface area contributed by atoms with Gasteiger partial charge in [-0.3, -0.25) is 4.79 Å². The standard InChI is InChI=1S/C16H19N9O3/c1-24(2)9-12-13(19-23-25(12)15-14(17)21-28-22-15)16(26)20-18-8-10-4-6-11(27-3)7-5-10/h4-8H,9H2,1-3H3,(H2,17,21)(H,20,26)/b18-8+. The fraction of sp³-hybridized carbons (Fsp3) is 0.250. The van der Waals surface area contributed by atoms with E-state index in [-0.39, 0.29) is 17.3 Å². The predicted octanol–water partition coefficient (Wildman–Crippen LogP) is 0.0666. The van der Waals surface area contributed by atoms with E-state index in [2.05, 4.69) is 35.8 Å². The van der Waals surface area contributed by atoms with Crippen LogP contribution in [0.2, 0.25) is 0 Å². The number of hydrazone groups is 1. The second-order valence-corrected chi connectivity index (χ2v) is 5.98. The Morgan fingerprint density at radius 3 is 2.71 bits per heavy atom. The van der Waals surface area contributed by atoms with Gasteiger partial charge in [0.15, 0.2) is 5.69 Å². The van der Waals surface area contributed by atoms with Crippen LogP contribution in [-0.2, 0) is 6.54 Å². The van der Waals surface area contributed by atoms with Crippen LogP contribution >= 0.6 is 0 Å². The van der Waals surface area contributed by atoms with Gasteiger partial charge in [-0.05, 0) is 54.2 Å². The Bertz CT molecular complexity index is 976. The lowest BCUT2D eigenvalue weighted by molar-refractivity contribution is 0.0948. The lowest BCUT2D eigenvalue weighted by Gasteiger charge is -2.11. The maximum absolute atomic E-state index is 12.5. The van der Waals surface area contributed by atoms with Crippen LogP contribution in [0.1, 0.15) is 21.7 Å². The molecule has 3 aromatic rings. The number of nitrogen functional groups attached to an aromatic ring is 1. The van der Waals surface area contributed by atoms with Gasteiger partial charge in [-0.15, -0.1) is 5.10 Å². The number of hydrogen-bond donors (Lipinski definition) is 2. The number of carbonyl (C=O) groups is 1. The lowest BCUT2D eigenvalue weighted by Crippen LogP contribution is -2.23. The Morgan fingerprint density at radius 2 is 2.11 bits per heavy atom. The van der Waals surface area contributed by atoms with Gasteiger partial charge in [0.05, 0.1) is 19.0 Å². The van der Waals surface area contributed by atoms with Gasteiger partial charge >= 0.3 is 0 Å². The molecule has 0 radical (unpaired) electrons. The van der Waals surface area contributed by atoms with E-state index in [1.54, 1.807) is 19.2 Å². The van der Waals surface area contributed by atoms with Crippen molar-refractivity contribution < 1.29 is 14.2 Å². The molecule has 1 amide bonds. The summed E-state index contributed by atoms with van der Waals surface area (Å²) in [4.78, 5) is 14.4. The molecular weight excluding hydrogens is 366 g/mol. The average molecular weight is 385 g/mol. The molecule has 0 aliphatic heterocycles. The Labute approximate surface area is 159 Å². The van der Waals surface area contributed by atoms with Crippen molar-refractivity contribution in [2.24, 2.45) is 5.10 Å². The first-order valence-corrected chi connectivity index (χ1v) is 8.14.